The molecule has 0 saturated heterocycles. The van der Waals surface area contributed by atoms with E-state index in [9.17, 15) is 18.1 Å². The number of nitrogens with one attached hydrogen (secondary N) is 1. The number of anilines is 2. The summed E-state index contributed by atoms with van der Waals surface area (Å²) in [7, 11) is -4.46. The van der Waals surface area contributed by atoms with Gasteiger partial charge in [-0.1, -0.05) is 42.5 Å². The van der Waals surface area contributed by atoms with Crippen molar-refractivity contribution in [2.24, 2.45) is 9.98 Å². The van der Waals surface area contributed by atoms with E-state index in [1.54, 1.807) is 6.92 Å². The first-order valence-corrected chi connectivity index (χ1v) is 14.0. The summed E-state index contributed by atoms with van der Waals surface area (Å²) in [5.41, 5.74) is 6.73. The Morgan fingerprint density at radius 3 is 1.80 bits per heavy atom. The van der Waals surface area contributed by atoms with Crippen molar-refractivity contribution in [3.8, 4) is 5.75 Å². The lowest BCUT2D eigenvalue weighted by molar-refractivity contribution is 0.469. The summed E-state index contributed by atoms with van der Waals surface area (Å²) in [6.07, 6.45) is 8.50. The third kappa shape index (κ3) is 6.79. The fourth-order valence-corrected chi connectivity index (χ4v) is 4.88. The predicted molar refractivity (Wildman–Crippen MR) is 161 cm³/mol. The summed E-state index contributed by atoms with van der Waals surface area (Å²) in [6.45, 7) is 1.56. The van der Waals surface area contributed by atoms with Crippen LogP contribution in [0.4, 0.5) is 22.7 Å². The van der Waals surface area contributed by atoms with E-state index >= 15 is 0 Å². The zero-order chi connectivity index (χ0) is 28.1. The lowest BCUT2D eigenvalue weighted by Gasteiger charge is -2.13. The molecule has 3 N–H and O–H groups in total. The molecule has 0 spiro atoms. The highest BCUT2D eigenvalue weighted by atomic mass is 32.2. The highest BCUT2D eigenvalue weighted by Crippen LogP contribution is 2.31. The van der Waals surface area contributed by atoms with Crippen molar-refractivity contribution in [2.75, 3.05) is 5.32 Å². The van der Waals surface area contributed by atoms with E-state index in [4.69, 9.17) is 4.99 Å². The van der Waals surface area contributed by atoms with Gasteiger partial charge in [-0.05, 0) is 96.8 Å². The summed E-state index contributed by atoms with van der Waals surface area (Å²) in [6, 6.07) is 27.9. The van der Waals surface area contributed by atoms with Crippen molar-refractivity contribution in [2.45, 2.75) is 18.2 Å². The van der Waals surface area contributed by atoms with E-state index in [2.05, 4.69) is 10.3 Å². The van der Waals surface area contributed by atoms with Crippen molar-refractivity contribution in [1.82, 2.24) is 0 Å². The van der Waals surface area contributed by atoms with Crippen LogP contribution < -0.4 is 5.32 Å². The van der Waals surface area contributed by atoms with Crippen molar-refractivity contribution < 1.29 is 18.1 Å². The number of aromatic hydroxyl groups is 1. The summed E-state index contributed by atoms with van der Waals surface area (Å²) in [4.78, 5) is 9.00. The Bertz CT molecular complexity index is 1740. The van der Waals surface area contributed by atoms with Gasteiger partial charge in [0, 0.05) is 11.8 Å². The summed E-state index contributed by atoms with van der Waals surface area (Å²) < 4.78 is 33.2. The number of allylic oxidation sites excluding steroid dienone is 4. The number of phenols is 1. The number of benzene rings is 4. The fourth-order valence-electron chi connectivity index (χ4n) is 4.17. The smallest absolute Gasteiger partial charge is 0.296 e. The Labute approximate surface area is 233 Å². The van der Waals surface area contributed by atoms with E-state index < -0.39 is 10.1 Å². The van der Waals surface area contributed by atoms with E-state index in [1.165, 1.54) is 12.1 Å². The molecule has 0 unspecified atom stereocenters. The lowest BCUT2D eigenvalue weighted by atomic mass is 10.0. The van der Waals surface area contributed by atoms with Gasteiger partial charge in [0.1, 0.15) is 10.6 Å². The van der Waals surface area contributed by atoms with Crippen LogP contribution in [0.1, 0.15) is 16.7 Å². The molecule has 1 aliphatic rings. The molecule has 4 aromatic rings. The standard InChI is InChI=1S/C32H27N3O4S/c1-22-19-32(40(37,38)39)30(21-31(22)36)35-29-13-9-24(10-14-29)20-23-7-11-26(12-8-23)34-28-17-15-27(16-18-28)33-25-5-3-2-4-6-25/h2-19,21,35-36H,20H2,1H3,(H,37,38,39). The van der Waals surface area contributed by atoms with Crippen molar-refractivity contribution in [3.05, 3.63) is 132 Å². The largest absolute Gasteiger partial charge is 0.508 e. The fraction of sp³-hybridized carbons (Fsp3) is 0.0625. The molecule has 0 aromatic heterocycles. The number of aliphatic imine (C=N–C) groups is 2. The second-order valence-corrected chi connectivity index (χ2v) is 10.7. The van der Waals surface area contributed by atoms with Crippen molar-refractivity contribution in [1.29, 1.82) is 0 Å². The minimum atomic E-state index is -4.46. The first-order chi connectivity index (χ1) is 19.2. The lowest BCUT2D eigenvalue weighted by Crippen LogP contribution is -2.04. The Hall–Kier alpha value is -4.79. The molecule has 0 radical (unpaired) electrons. The maximum Gasteiger partial charge on any atom is 0.296 e. The number of phenolic OH excluding ortho intramolecular Hbond substituents is 1. The van der Waals surface area contributed by atoms with Gasteiger partial charge in [-0.2, -0.15) is 8.42 Å². The Morgan fingerprint density at radius 2 is 1.25 bits per heavy atom. The molecule has 0 bridgehead atoms. The summed E-state index contributed by atoms with van der Waals surface area (Å²) >= 11 is 0. The van der Waals surface area contributed by atoms with Gasteiger partial charge in [-0.15, -0.1) is 0 Å². The van der Waals surface area contributed by atoms with Gasteiger partial charge < -0.3 is 10.4 Å². The number of aryl methyl sites for hydroxylation is 1. The van der Waals surface area contributed by atoms with E-state index in [-0.39, 0.29) is 16.3 Å². The summed E-state index contributed by atoms with van der Waals surface area (Å²) in [5.74, 6) is -0.0720. The molecule has 5 rings (SSSR count). The van der Waals surface area contributed by atoms with Gasteiger partial charge in [-0.25, -0.2) is 9.98 Å². The average Bonchev–Trinajstić information content (AvgIpc) is 2.94. The minimum absolute atomic E-state index is 0.0720. The molecule has 1 aliphatic carbocycles. The van der Waals surface area contributed by atoms with Crippen LogP contribution in [0.5, 0.6) is 5.75 Å². The van der Waals surface area contributed by atoms with Crippen LogP contribution in [0, 0.1) is 6.92 Å². The highest BCUT2D eigenvalue weighted by Gasteiger charge is 2.18. The van der Waals surface area contributed by atoms with Gasteiger partial charge in [0.15, 0.2) is 0 Å². The normalized spacial score (nSPS) is 12.8. The monoisotopic (exact) mass is 549 g/mol. The third-order valence-electron chi connectivity index (χ3n) is 6.28. The number of nitrogens with zero attached hydrogens (tertiary/aromatic N) is 2. The Kier molecular flexibility index (Phi) is 7.72. The Balaban J connectivity index is 1.22. The van der Waals surface area contributed by atoms with Crippen LogP contribution in [-0.4, -0.2) is 29.5 Å². The maximum atomic E-state index is 11.8. The molecule has 0 heterocycles. The van der Waals surface area contributed by atoms with Crippen molar-refractivity contribution in [3.63, 3.8) is 0 Å². The first-order valence-electron chi connectivity index (χ1n) is 12.6. The molecule has 7 nitrogen and oxygen atoms in total. The minimum Gasteiger partial charge on any atom is -0.508 e. The topological polar surface area (TPSA) is 111 Å². The van der Waals surface area contributed by atoms with Gasteiger partial charge >= 0.3 is 0 Å². The molecular weight excluding hydrogens is 522 g/mol. The average molecular weight is 550 g/mol. The molecule has 40 heavy (non-hydrogen) atoms. The molecule has 0 aliphatic heterocycles. The van der Waals surface area contributed by atoms with Crippen LogP contribution >= 0.6 is 0 Å². The van der Waals surface area contributed by atoms with E-state index in [1.807, 2.05) is 103 Å². The molecule has 0 saturated carbocycles. The Morgan fingerprint density at radius 1 is 0.725 bits per heavy atom. The van der Waals surface area contributed by atoms with Gasteiger partial charge in [0.05, 0.1) is 28.5 Å². The molecule has 8 heteroatoms. The molecule has 0 amide bonds. The van der Waals surface area contributed by atoms with Crippen LogP contribution in [0.25, 0.3) is 0 Å². The van der Waals surface area contributed by atoms with Crippen LogP contribution in [0.2, 0.25) is 0 Å². The number of rotatable bonds is 7. The van der Waals surface area contributed by atoms with Gasteiger partial charge in [0.2, 0.25) is 0 Å². The maximum absolute atomic E-state index is 11.8. The molecule has 200 valence electrons. The second kappa shape index (κ2) is 11.5. The molecule has 0 atom stereocenters. The van der Waals surface area contributed by atoms with Crippen LogP contribution in [0.15, 0.2) is 130 Å². The predicted octanol–water partition coefficient (Wildman–Crippen LogP) is 7.25. The number of hydrogen-bond acceptors (Lipinski definition) is 6. The number of para-hydroxylation sites is 1. The zero-order valence-electron chi connectivity index (χ0n) is 21.7. The van der Waals surface area contributed by atoms with Crippen LogP contribution in [-0.2, 0) is 16.5 Å². The van der Waals surface area contributed by atoms with Gasteiger partial charge in [-0.3, -0.25) is 4.55 Å². The second-order valence-electron chi connectivity index (χ2n) is 9.35. The van der Waals surface area contributed by atoms with E-state index in [0.717, 1.165) is 33.9 Å². The van der Waals surface area contributed by atoms with Gasteiger partial charge in [0.25, 0.3) is 10.1 Å². The summed E-state index contributed by atoms with van der Waals surface area (Å²) in [5, 5.41) is 13.0. The number of hydrogen-bond donors (Lipinski definition) is 3. The molecule has 0 fully saturated rings. The third-order valence-corrected chi connectivity index (χ3v) is 7.17. The SMILES string of the molecule is Cc1cc(S(=O)(=O)O)c(Nc2ccc(Cc3ccc(N=C4C=CC(=Nc5ccccc5)C=C4)cc3)cc2)cc1O. The highest BCUT2D eigenvalue weighted by molar-refractivity contribution is 7.86. The van der Waals surface area contributed by atoms with E-state index in [0.29, 0.717) is 17.7 Å². The molecular formula is C32H27N3O4S. The molecule has 4 aromatic carbocycles. The van der Waals surface area contributed by atoms with Crippen LogP contribution in [0.3, 0.4) is 0 Å². The quantitative estimate of drug-likeness (QED) is 0.166. The zero-order valence-corrected chi connectivity index (χ0v) is 22.5. The van der Waals surface area contributed by atoms with Crippen molar-refractivity contribution >= 4 is 44.3 Å². The first kappa shape index (κ1) is 26.8.